The van der Waals surface area contributed by atoms with Crippen molar-refractivity contribution in [1.82, 2.24) is 4.90 Å². The molecular weight excluding hydrogens is 455 g/mol. The molecule has 170 valence electrons. The van der Waals surface area contributed by atoms with Gasteiger partial charge in [0.1, 0.15) is 6.42 Å². The fourth-order valence-electron chi connectivity index (χ4n) is 3.27. The van der Waals surface area contributed by atoms with Crippen molar-refractivity contribution >= 4 is 58.2 Å². The zero-order valence-corrected chi connectivity index (χ0v) is 19.1. The number of esters is 1. The standard InChI is InChI=1S/C22H24Cl2N4O4/c1-2-32-20(30)14-19(29)25-15-6-8-16(9-7-15)27-10-12-28(13-11-27)22(31)26-21-17(23)4-3-5-18(21)24/h3-9H,2,10-14H2,1H3,(H,25,29)(H,26,31). The molecule has 0 unspecified atom stereocenters. The fourth-order valence-corrected chi connectivity index (χ4v) is 3.77. The largest absolute Gasteiger partial charge is 0.466 e. The number of hydrogen-bond acceptors (Lipinski definition) is 5. The number of carbonyl (C=O) groups is 3. The van der Waals surface area contributed by atoms with Crippen LogP contribution in [0.2, 0.25) is 10.0 Å². The Morgan fingerprint density at radius 3 is 2.16 bits per heavy atom. The number of urea groups is 1. The first-order chi connectivity index (χ1) is 15.4. The summed E-state index contributed by atoms with van der Waals surface area (Å²) in [6.07, 6.45) is -0.320. The lowest BCUT2D eigenvalue weighted by Crippen LogP contribution is -2.50. The van der Waals surface area contributed by atoms with Crippen molar-refractivity contribution in [2.24, 2.45) is 0 Å². The molecule has 1 saturated heterocycles. The Bertz CT molecular complexity index is 956. The quantitative estimate of drug-likeness (QED) is 0.478. The molecule has 1 heterocycles. The summed E-state index contributed by atoms with van der Waals surface area (Å²) in [7, 11) is 0. The first-order valence-corrected chi connectivity index (χ1v) is 10.9. The summed E-state index contributed by atoms with van der Waals surface area (Å²) in [6.45, 7) is 4.30. The summed E-state index contributed by atoms with van der Waals surface area (Å²) in [5, 5.41) is 6.23. The van der Waals surface area contributed by atoms with Crippen LogP contribution in [-0.4, -0.2) is 55.6 Å². The number of rotatable bonds is 6. The van der Waals surface area contributed by atoms with Crippen molar-refractivity contribution in [2.75, 3.05) is 48.3 Å². The molecule has 2 N–H and O–H groups in total. The van der Waals surface area contributed by atoms with E-state index in [0.717, 1.165) is 5.69 Å². The second-order valence-corrected chi connectivity index (χ2v) is 7.89. The van der Waals surface area contributed by atoms with Gasteiger partial charge < -0.3 is 25.2 Å². The van der Waals surface area contributed by atoms with Gasteiger partial charge in [0, 0.05) is 37.6 Å². The number of anilines is 3. The summed E-state index contributed by atoms with van der Waals surface area (Å²) >= 11 is 12.2. The molecule has 1 aliphatic rings. The highest BCUT2D eigenvalue weighted by Crippen LogP contribution is 2.30. The first-order valence-electron chi connectivity index (χ1n) is 10.2. The third kappa shape index (κ3) is 6.27. The maximum Gasteiger partial charge on any atom is 0.322 e. The van der Waals surface area contributed by atoms with Crippen molar-refractivity contribution in [3.05, 3.63) is 52.5 Å². The number of ether oxygens (including phenoxy) is 1. The number of nitrogens with zero attached hydrogens (tertiary/aromatic N) is 2. The molecule has 3 amide bonds. The normalized spacial score (nSPS) is 13.5. The van der Waals surface area contributed by atoms with Crippen molar-refractivity contribution in [2.45, 2.75) is 13.3 Å². The van der Waals surface area contributed by atoms with Gasteiger partial charge in [-0.05, 0) is 43.3 Å². The van der Waals surface area contributed by atoms with Gasteiger partial charge in [-0.1, -0.05) is 29.3 Å². The molecule has 2 aromatic carbocycles. The second-order valence-electron chi connectivity index (χ2n) is 7.08. The minimum atomic E-state index is -0.555. The Kier molecular flexibility index (Phi) is 8.19. The highest BCUT2D eigenvalue weighted by molar-refractivity contribution is 6.39. The molecule has 0 spiro atoms. The van der Waals surface area contributed by atoms with E-state index in [-0.39, 0.29) is 19.1 Å². The van der Waals surface area contributed by atoms with Gasteiger partial charge in [-0.3, -0.25) is 9.59 Å². The molecule has 0 aliphatic carbocycles. The van der Waals surface area contributed by atoms with E-state index in [1.165, 1.54) is 0 Å². The summed E-state index contributed by atoms with van der Waals surface area (Å²) < 4.78 is 4.77. The molecule has 32 heavy (non-hydrogen) atoms. The number of nitrogens with one attached hydrogen (secondary N) is 2. The van der Waals surface area contributed by atoms with Gasteiger partial charge in [0.05, 0.1) is 22.3 Å². The van der Waals surface area contributed by atoms with Crippen molar-refractivity contribution in [3.8, 4) is 0 Å². The minimum absolute atomic E-state index is 0.240. The number of benzene rings is 2. The lowest BCUT2D eigenvalue weighted by molar-refractivity contribution is -0.145. The smallest absolute Gasteiger partial charge is 0.322 e. The third-order valence-corrected chi connectivity index (χ3v) is 5.52. The Morgan fingerprint density at radius 1 is 0.938 bits per heavy atom. The van der Waals surface area contributed by atoms with E-state index in [9.17, 15) is 14.4 Å². The van der Waals surface area contributed by atoms with Gasteiger partial charge in [0.2, 0.25) is 5.91 Å². The molecule has 0 aromatic heterocycles. The van der Waals surface area contributed by atoms with Crippen LogP contribution in [0, 0.1) is 0 Å². The van der Waals surface area contributed by atoms with Crippen LogP contribution < -0.4 is 15.5 Å². The van der Waals surface area contributed by atoms with Crippen LogP contribution in [0.1, 0.15) is 13.3 Å². The van der Waals surface area contributed by atoms with Crippen molar-refractivity contribution in [1.29, 1.82) is 0 Å². The van der Waals surface area contributed by atoms with Crippen molar-refractivity contribution in [3.63, 3.8) is 0 Å². The van der Waals surface area contributed by atoms with Gasteiger partial charge in [0.15, 0.2) is 0 Å². The van der Waals surface area contributed by atoms with E-state index >= 15 is 0 Å². The SMILES string of the molecule is CCOC(=O)CC(=O)Nc1ccc(N2CCN(C(=O)Nc3c(Cl)cccc3Cl)CC2)cc1. The average Bonchev–Trinajstić information content (AvgIpc) is 2.77. The molecular formula is C22H24Cl2N4O4. The lowest BCUT2D eigenvalue weighted by atomic mass is 10.2. The molecule has 1 aliphatic heterocycles. The van der Waals surface area contributed by atoms with Crippen LogP contribution in [0.5, 0.6) is 0 Å². The predicted molar refractivity (Wildman–Crippen MR) is 126 cm³/mol. The Morgan fingerprint density at radius 2 is 1.56 bits per heavy atom. The van der Waals surface area contributed by atoms with Gasteiger partial charge >= 0.3 is 12.0 Å². The fraction of sp³-hybridized carbons (Fsp3) is 0.318. The number of hydrogen-bond donors (Lipinski definition) is 2. The van der Waals surface area contributed by atoms with Crippen LogP contribution >= 0.6 is 23.2 Å². The molecule has 0 atom stereocenters. The summed E-state index contributed by atoms with van der Waals surface area (Å²) in [5.41, 5.74) is 1.98. The van der Waals surface area contributed by atoms with Gasteiger partial charge in [-0.25, -0.2) is 4.79 Å². The molecule has 0 saturated carbocycles. The van der Waals surface area contributed by atoms with Gasteiger partial charge in [-0.2, -0.15) is 0 Å². The molecule has 0 radical (unpaired) electrons. The van der Waals surface area contributed by atoms with Crippen LogP contribution in [0.4, 0.5) is 21.9 Å². The van der Waals surface area contributed by atoms with Crippen LogP contribution in [0.3, 0.4) is 0 Å². The molecule has 10 heteroatoms. The zero-order chi connectivity index (χ0) is 23.1. The third-order valence-electron chi connectivity index (χ3n) is 4.89. The van der Waals surface area contributed by atoms with Crippen LogP contribution in [0.15, 0.2) is 42.5 Å². The Hall–Kier alpha value is -2.97. The Labute approximate surface area is 196 Å². The number of piperazine rings is 1. The molecule has 8 nitrogen and oxygen atoms in total. The molecule has 0 bridgehead atoms. The first kappa shape index (κ1) is 23.7. The summed E-state index contributed by atoms with van der Waals surface area (Å²) in [4.78, 5) is 39.7. The molecule has 3 rings (SSSR count). The number of halogens is 2. The van der Waals surface area contributed by atoms with E-state index in [0.29, 0.717) is 47.6 Å². The Balaban J connectivity index is 1.50. The van der Waals surface area contributed by atoms with Gasteiger partial charge in [-0.15, -0.1) is 0 Å². The highest BCUT2D eigenvalue weighted by atomic mass is 35.5. The van der Waals surface area contributed by atoms with E-state index < -0.39 is 11.9 Å². The maximum absolute atomic E-state index is 12.6. The molecule has 2 aromatic rings. The van der Waals surface area contributed by atoms with Crippen molar-refractivity contribution < 1.29 is 19.1 Å². The number of amides is 3. The second kappa shape index (κ2) is 11.1. The minimum Gasteiger partial charge on any atom is -0.466 e. The highest BCUT2D eigenvalue weighted by Gasteiger charge is 2.22. The summed E-state index contributed by atoms with van der Waals surface area (Å²) in [6, 6.07) is 12.1. The topological polar surface area (TPSA) is 91.0 Å². The predicted octanol–water partition coefficient (Wildman–Crippen LogP) is 4.24. The lowest BCUT2D eigenvalue weighted by Gasteiger charge is -2.36. The maximum atomic E-state index is 12.6. The van der Waals surface area contributed by atoms with E-state index in [4.69, 9.17) is 27.9 Å². The van der Waals surface area contributed by atoms with E-state index in [1.807, 2.05) is 12.1 Å². The van der Waals surface area contributed by atoms with E-state index in [2.05, 4.69) is 15.5 Å². The summed E-state index contributed by atoms with van der Waals surface area (Å²) in [5.74, 6) is -0.977. The van der Waals surface area contributed by atoms with Crippen LogP contribution in [0.25, 0.3) is 0 Å². The van der Waals surface area contributed by atoms with Crippen LogP contribution in [-0.2, 0) is 14.3 Å². The molecule has 1 fully saturated rings. The number of carbonyl (C=O) groups excluding carboxylic acids is 3. The van der Waals surface area contributed by atoms with E-state index in [1.54, 1.807) is 42.2 Å². The monoisotopic (exact) mass is 478 g/mol. The zero-order valence-electron chi connectivity index (χ0n) is 17.6. The average molecular weight is 479 g/mol. The van der Waals surface area contributed by atoms with Gasteiger partial charge in [0.25, 0.3) is 0 Å². The number of para-hydroxylation sites is 1.